The van der Waals surface area contributed by atoms with E-state index < -0.39 is 17.3 Å². The number of nitrogens with one attached hydrogen (secondary N) is 3. The summed E-state index contributed by atoms with van der Waals surface area (Å²) in [5.74, 6) is -1.00. The number of ether oxygens (including phenoxy) is 2. The van der Waals surface area contributed by atoms with Gasteiger partial charge in [0, 0.05) is 24.0 Å². The van der Waals surface area contributed by atoms with Gasteiger partial charge in [0.05, 0.1) is 17.5 Å². The molecule has 0 aliphatic carbocycles. The lowest BCUT2D eigenvalue weighted by Crippen LogP contribution is -2.41. The van der Waals surface area contributed by atoms with E-state index in [4.69, 9.17) is 9.47 Å². The van der Waals surface area contributed by atoms with Crippen LogP contribution in [0, 0.1) is 5.82 Å². The van der Waals surface area contributed by atoms with Crippen LogP contribution in [0.5, 0.6) is 5.75 Å². The van der Waals surface area contributed by atoms with Crippen molar-refractivity contribution in [3.63, 3.8) is 0 Å². The lowest BCUT2D eigenvalue weighted by molar-refractivity contribution is -0.127. The first kappa shape index (κ1) is 24.8. The smallest absolute Gasteiger partial charge is 0.233 e. The fourth-order valence-corrected chi connectivity index (χ4v) is 3.12. The SMILES string of the molecule is COCCOc1ccc2ncnc(Nc3ccc(NC(=O)CC(=O)NC(C)(C)C)cc3)c2c1F. The number of carbonyl (C=O) groups excluding carboxylic acids is 2. The molecule has 0 saturated heterocycles. The van der Waals surface area contributed by atoms with Crippen LogP contribution in [-0.4, -0.2) is 47.6 Å². The third kappa shape index (κ3) is 6.85. The van der Waals surface area contributed by atoms with Gasteiger partial charge in [-0.3, -0.25) is 9.59 Å². The molecule has 180 valence electrons. The molecule has 0 spiro atoms. The van der Waals surface area contributed by atoms with Crippen LogP contribution >= 0.6 is 0 Å². The van der Waals surface area contributed by atoms with Crippen LogP contribution in [0.2, 0.25) is 0 Å². The molecular weight excluding hydrogens is 441 g/mol. The number of nitrogens with zero attached hydrogens (tertiary/aromatic N) is 2. The van der Waals surface area contributed by atoms with Crippen LogP contribution in [-0.2, 0) is 14.3 Å². The number of carbonyl (C=O) groups is 2. The van der Waals surface area contributed by atoms with Gasteiger partial charge in [0.1, 0.15) is 25.2 Å². The summed E-state index contributed by atoms with van der Waals surface area (Å²) in [5, 5.41) is 8.69. The first-order valence-electron chi connectivity index (χ1n) is 10.7. The Labute approximate surface area is 197 Å². The van der Waals surface area contributed by atoms with E-state index in [1.54, 1.807) is 30.3 Å². The van der Waals surface area contributed by atoms with Crippen molar-refractivity contribution in [3.8, 4) is 5.75 Å². The minimum absolute atomic E-state index is 0.0796. The minimum Gasteiger partial charge on any atom is -0.488 e. The van der Waals surface area contributed by atoms with Gasteiger partial charge in [-0.15, -0.1) is 0 Å². The average Bonchev–Trinajstić information content (AvgIpc) is 2.75. The van der Waals surface area contributed by atoms with Gasteiger partial charge < -0.3 is 25.4 Å². The number of anilines is 3. The van der Waals surface area contributed by atoms with Gasteiger partial charge in [-0.05, 0) is 57.2 Å². The second kappa shape index (κ2) is 10.9. The highest BCUT2D eigenvalue weighted by atomic mass is 19.1. The summed E-state index contributed by atoms with van der Waals surface area (Å²) >= 11 is 0. The maximum Gasteiger partial charge on any atom is 0.233 e. The average molecular weight is 470 g/mol. The predicted octanol–water partition coefficient (Wildman–Crippen LogP) is 3.78. The molecule has 0 atom stereocenters. The highest BCUT2D eigenvalue weighted by Crippen LogP contribution is 2.31. The van der Waals surface area contributed by atoms with Crippen LogP contribution in [0.4, 0.5) is 21.6 Å². The summed E-state index contributed by atoms with van der Waals surface area (Å²) in [6.45, 7) is 6.07. The minimum atomic E-state index is -0.575. The largest absolute Gasteiger partial charge is 0.488 e. The summed E-state index contributed by atoms with van der Waals surface area (Å²) in [6, 6.07) is 9.91. The summed E-state index contributed by atoms with van der Waals surface area (Å²) < 4.78 is 25.5. The molecule has 0 aliphatic heterocycles. The number of hydrogen-bond acceptors (Lipinski definition) is 7. The van der Waals surface area contributed by atoms with Crippen LogP contribution in [0.25, 0.3) is 10.9 Å². The van der Waals surface area contributed by atoms with Gasteiger partial charge in [-0.1, -0.05) is 0 Å². The molecule has 3 aromatic rings. The zero-order chi connectivity index (χ0) is 24.7. The van der Waals surface area contributed by atoms with E-state index in [2.05, 4.69) is 25.9 Å². The molecule has 0 fully saturated rings. The molecule has 2 aromatic carbocycles. The van der Waals surface area contributed by atoms with Crippen LogP contribution in [0.1, 0.15) is 27.2 Å². The molecule has 9 nitrogen and oxygen atoms in total. The van der Waals surface area contributed by atoms with Crippen molar-refractivity contribution in [2.45, 2.75) is 32.7 Å². The van der Waals surface area contributed by atoms with Gasteiger partial charge in [0.2, 0.25) is 11.8 Å². The molecular formula is C24H28FN5O4. The van der Waals surface area contributed by atoms with E-state index in [0.29, 0.717) is 23.5 Å². The van der Waals surface area contributed by atoms with Crippen molar-refractivity contribution in [1.29, 1.82) is 0 Å². The Morgan fingerprint density at radius 3 is 2.35 bits per heavy atom. The molecule has 3 rings (SSSR count). The van der Waals surface area contributed by atoms with Crippen molar-refractivity contribution in [2.75, 3.05) is 31.0 Å². The van der Waals surface area contributed by atoms with Gasteiger partial charge in [0.15, 0.2) is 11.6 Å². The summed E-state index contributed by atoms with van der Waals surface area (Å²) in [4.78, 5) is 32.3. The fraction of sp³-hybridized carbons (Fsp3) is 0.333. The van der Waals surface area contributed by atoms with Crippen LogP contribution < -0.4 is 20.7 Å². The van der Waals surface area contributed by atoms with E-state index in [0.717, 1.165) is 0 Å². The Morgan fingerprint density at radius 2 is 1.68 bits per heavy atom. The second-order valence-electron chi connectivity index (χ2n) is 8.56. The third-order valence-corrected chi connectivity index (χ3v) is 4.52. The quantitative estimate of drug-likeness (QED) is 0.323. The normalized spacial score (nSPS) is 11.2. The molecule has 0 aliphatic rings. The highest BCUT2D eigenvalue weighted by molar-refractivity contribution is 6.03. The standard InChI is InChI=1S/C24H28FN5O4/c1-24(2,3)30-20(32)13-19(31)28-15-5-7-16(8-6-15)29-23-21-17(26-14-27-23)9-10-18(22(21)25)34-12-11-33-4/h5-10,14H,11-13H2,1-4H3,(H,28,31)(H,30,32)(H,26,27,29). The molecule has 34 heavy (non-hydrogen) atoms. The number of fused-ring (bicyclic) bond motifs is 1. The van der Waals surface area contributed by atoms with Gasteiger partial charge in [0.25, 0.3) is 0 Å². The topological polar surface area (TPSA) is 114 Å². The Bertz CT molecular complexity index is 1160. The van der Waals surface area contributed by atoms with E-state index in [1.807, 2.05) is 20.8 Å². The highest BCUT2D eigenvalue weighted by Gasteiger charge is 2.17. The van der Waals surface area contributed by atoms with Gasteiger partial charge in [-0.25, -0.2) is 14.4 Å². The van der Waals surface area contributed by atoms with E-state index in [-0.39, 0.29) is 35.9 Å². The molecule has 0 saturated carbocycles. The fourth-order valence-electron chi connectivity index (χ4n) is 3.12. The van der Waals surface area contributed by atoms with Crippen molar-refractivity contribution in [1.82, 2.24) is 15.3 Å². The lowest BCUT2D eigenvalue weighted by atomic mass is 10.1. The monoisotopic (exact) mass is 469 g/mol. The number of aromatic nitrogens is 2. The Balaban J connectivity index is 1.70. The number of halogens is 1. The number of amides is 2. The molecule has 1 heterocycles. The molecule has 1 aromatic heterocycles. The zero-order valence-corrected chi connectivity index (χ0v) is 19.6. The molecule has 3 N–H and O–H groups in total. The second-order valence-corrected chi connectivity index (χ2v) is 8.56. The molecule has 0 unspecified atom stereocenters. The summed E-state index contributed by atoms with van der Waals surface area (Å²) in [7, 11) is 1.54. The summed E-state index contributed by atoms with van der Waals surface area (Å²) in [6.07, 6.45) is 1.06. The van der Waals surface area contributed by atoms with Crippen LogP contribution in [0.15, 0.2) is 42.7 Å². The van der Waals surface area contributed by atoms with E-state index in [1.165, 1.54) is 19.5 Å². The Morgan fingerprint density at radius 1 is 0.971 bits per heavy atom. The maximum atomic E-state index is 15.1. The number of rotatable bonds is 9. The van der Waals surface area contributed by atoms with Crippen molar-refractivity contribution < 1.29 is 23.5 Å². The predicted molar refractivity (Wildman–Crippen MR) is 128 cm³/mol. The first-order valence-corrected chi connectivity index (χ1v) is 10.7. The molecule has 0 bridgehead atoms. The molecule has 10 heteroatoms. The van der Waals surface area contributed by atoms with Crippen molar-refractivity contribution >= 4 is 39.9 Å². The number of benzene rings is 2. The van der Waals surface area contributed by atoms with Gasteiger partial charge >= 0.3 is 0 Å². The third-order valence-electron chi connectivity index (χ3n) is 4.52. The Hall–Kier alpha value is -3.79. The van der Waals surface area contributed by atoms with Gasteiger partial charge in [-0.2, -0.15) is 0 Å². The lowest BCUT2D eigenvalue weighted by Gasteiger charge is -2.20. The van der Waals surface area contributed by atoms with Crippen LogP contribution in [0.3, 0.4) is 0 Å². The molecule has 2 amide bonds. The van der Waals surface area contributed by atoms with Crippen molar-refractivity contribution in [3.05, 3.63) is 48.5 Å². The van der Waals surface area contributed by atoms with E-state index in [9.17, 15) is 9.59 Å². The number of methoxy groups -OCH3 is 1. The zero-order valence-electron chi connectivity index (χ0n) is 19.6. The van der Waals surface area contributed by atoms with E-state index >= 15 is 4.39 Å². The number of hydrogen-bond donors (Lipinski definition) is 3. The molecule has 0 radical (unpaired) electrons. The van der Waals surface area contributed by atoms with Crippen molar-refractivity contribution in [2.24, 2.45) is 0 Å². The first-order chi connectivity index (χ1) is 16.2. The Kier molecular flexibility index (Phi) is 7.95. The maximum absolute atomic E-state index is 15.1. The summed E-state index contributed by atoms with van der Waals surface area (Å²) in [5.41, 5.74) is 1.15.